The van der Waals surface area contributed by atoms with Crippen molar-refractivity contribution < 1.29 is 0 Å². The molecule has 3 rings (SSSR count). The van der Waals surface area contributed by atoms with Crippen molar-refractivity contribution in [3.05, 3.63) is 68.5 Å². The molecule has 0 atom stereocenters. The van der Waals surface area contributed by atoms with Gasteiger partial charge in [0.15, 0.2) is 0 Å². The lowest BCUT2D eigenvalue weighted by molar-refractivity contribution is 1.40. The number of hydrogen-bond acceptors (Lipinski definition) is 2. The summed E-state index contributed by atoms with van der Waals surface area (Å²) in [5.41, 5.74) is 4.94. The minimum atomic E-state index is 0.559. The molecule has 2 heterocycles. The first-order chi connectivity index (χ1) is 9.85. The standard InChI is InChI=1S/C17H13ClS2/c18-10-14-3-1-2-13(8-14)4-5-17-9-16(12-20-17)15-6-7-19-11-15/h1-9,11-12H,10H2/b5-4+. The summed E-state index contributed by atoms with van der Waals surface area (Å²) in [6.07, 6.45) is 4.30. The third-order valence-electron chi connectivity index (χ3n) is 3.02. The van der Waals surface area contributed by atoms with Gasteiger partial charge in [-0.1, -0.05) is 30.3 Å². The minimum Gasteiger partial charge on any atom is -0.152 e. The zero-order chi connectivity index (χ0) is 13.8. The molecule has 0 aliphatic rings. The van der Waals surface area contributed by atoms with Crippen LogP contribution in [0.25, 0.3) is 23.3 Å². The second kappa shape index (κ2) is 6.40. The fraction of sp³-hybridized carbons (Fsp3) is 0.0588. The van der Waals surface area contributed by atoms with E-state index in [1.165, 1.54) is 21.6 Å². The molecule has 0 bridgehead atoms. The second-order valence-corrected chi connectivity index (χ2v) is 6.45. The van der Waals surface area contributed by atoms with Gasteiger partial charge < -0.3 is 0 Å². The molecule has 0 radical (unpaired) electrons. The predicted octanol–water partition coefficient (Wildman–Crippen LogP) is 6.39. The topological polar surface area (TPSA) is 0 Å². The molecule has 0 aliphatic heterocycles. The Morgan fingerprint density at radius 1 is 1.00 bits per heavy atom. The summed E-state index contributed by atoms with van der Waals surface area (Å²) in [6, 6.07) is 12.7. The molecule has 100 valence electrons. The quantitative estimate of drug-likeness (QED) is 0.489. The lowest BCUT2D eigenvalue weighted by Crippen LogP contribution is -1.78. The molecule has 0 spiro atoms. The van der Waals surface area contributed by atoms with Crippen LogP contribution < -0.4 is 0 Å². The lowest BCUT2D eigenvalue weighted by atomic mass is 10.1. The second-order valence-electron chi connectivity index (χ2n) is 4.46. The number of benzene rings is 1. The largest absolute Gasteiger partial charge is 0.152 e. The van der Waals surface area contributed by atoms with E-state index in [9.17, 15) is 0 Å². The first-order valence-corrected chi connectivity index (χ1v) is 8.65. The number of rotatable bonds is 4. The van der Waals surface area contributed by atoms with Gasteiger partial charge in [-0.2, -0.15) is 11.3 Å². The molecule has 3 aromatic rings. The Labute approximate surface area is 132 Å². The number of alkyl halides is 1. The van der Waals surface area contributed by atoms with Crippen LogP contribution in [-0.4, -0.2) is 0 Å². The average molecular weight is 317 g/mol. The Balaban J connectivity index is 1.79. The van der Waals surface area contributed by atoms with Crippen LogP contribution in [0.3, 0.4) is 0 Å². The van der Waals surface area contributed by atoms with E-state index in [2.05, 4.69) is 52.6 Å². The third kappa shape index (κ3) is 3.21. The van der Waals surface area contributed by atoms with E-state index in [-0.39, 0.29) is 0 Å². The third-order valence-corrected chi connectivity index (χ3v) is 4.91. The summed E-state index contributed by atoms with van der Waals surface area (Å²) in [5, 5.41) is 6.50. The fourth-order valence-corrected chi connectivity index (χ4v) is 3.62. The van der Waals surface area contributed by atoms with Crippen LogP contribution in [-0.2, 0) is 5.88 Å². The molecule has 0 amide bonds. The summed E-state index contributed by atoms with van der Waals surface area (Å²) in [4.78, 5) is 1.27. The van der Waals surface area contributed by atoms with Crippen molar-refractivity contribution in [2.75, 3.05) is 0 Å². The lowest BCUT2D eigenvalue weighted by Gasteiger charge is -1.96. The van der Waals surface area contributed by atoms with E-state index in [0.29, 0.717) is 5.88 Å². The zero-order valence-electron chi connectivity index (χ0n) is 10.8. The molecule has 0 fully saturated rings. The van der Waals surface area contributed by atoms with Crippen molar-refractivity contribution in [1.82, 2.24) is 0 Å². The van der Waals surface area contributed by atoms with Gasteiger partial charge in [-0.05, 0) is 56.6 Å². The predicted molar refractivity (Wildman–Crippen MR) is 92.6 cm³/mol. The van der Waals surface area contributed by atoms with Gasteiger partial charge in [0.05, 0.1) is 0 Å². The molecule has 0 saturated heterocycles. The van der Waals surface area contributed by atoms with E-state index in [1.807, 2.05) is 12.1 Å². The SMILES string of the molecule is ClCc1cccc(/C=C/c2cc(-c3ccsc3)cs2)c1. The maximum Gasteiger partial charge on any atom is 0.0474 e. The normalized spacial score (nSPS) is 11.2. The molecular weight excluding hydrogens is 304 g/mol. The van der Waals surface area contributed by atoms with E-state index >= 15 is 0 Å². The molecule has 20 heavy (non-hydrogen) atoms. The highest BCUT2D eigenvalue weighted by Gasteiger charge is 2.00. The van der Waals surface area contributed by atoms with E-state index < -0.39 is 0 Å². The van der Waals surface area contributed by atoms with Crippen LogP contribution in [0.2, 0.25) is 0 Å². The van der Waals surface area contributed by atoms with Gasteiger partial charge >= 0.3 is 0 Å². The van der Waals surface area contributed by atoms with E-state index in [4.69, 9.17) is 11.6 Å². The Morgan fingerprint density at radius 2 is 1.95 bits per heavy atom. The van der Waals surface area contributed by atoms with Gasteiger partial charge in [-0.3, -0.25) is 0 Å². The Kier molecular flexibility index (Phi) is 4.36. The number of hydrogen-bond donors (Lipinski definition) is 0. The Hall–Kier alpha value is -1.35. The molecule has 0 unspecified atom stereocenters. The van der Waals surface area contributed by atoms with Gasteiger partial charge in [0.25, 0.3) is 0 Å². The first-order valence-electron chi connectivity index (χ1n) is 6.29. The maximum atomic E-state index is 5.86. The van der Waals surface area contributed by atoms with Crippen LogP contribution >= 0.6 is 34.3 Å². The van der Waals surface area contributed by atoms with Crippen LogP contribution in [0.15, 0.2) is 52.5 Å². The zero-order valence-corrected chi connectivity index (χ0v) is 13.1. The summed E-state index contributed by atoms with van der Waals surface area (Å²) in [5.74, 6) is 0.559. The molecule has 0 aliphatic carbocycles. The van der Waals surface area contributed by atoms with Gasteiger partial charge in [0.2, 0.25) is 0 Å². The van der Waals surface area contributed by atoms with Crippen molar-refractivity contribution in [2.24, 2.45) is 0 Å². The van der Waals surface area contributed by atoms with Gasteiger partial charge in [-0.25, -0.2) is 0 Å². The Bertz CT molecular complexity index is 708. The first kappa shape index (κ1) is 13.6. The highest BCUT2D eigenvalue weighted by molar-refractivity contribution is 7.11. The Morgan fingerprint density at radius 3 is 2.75 bits per heavy atom. The van der Waals surface area contributed by atoms with Crippen molar-refractivity contribution >= 4 is 46.4 Å². The van der Waals surface area contributed by atoms with Crippen molar-refractivity contribution in [3.63, 3.8) is 0 Å². The molecule has 3 heteroatoms. The summed E-state index contributed by atoms with van der Waals surface area (Å²) < 4.78 is 0. The summed E-state index contributed by atoms with van der Waals surface area (Å²) in [6.45, 7) is 0. The summed E-state index contributed by atoms with van der Waals surface area (Å²) >= 11 is 9.36. The van der Waals surface area contributed by atoms with Crippen LogP contribution in [0.1, 0.15) is 16.0 Å². The highest BCUT2D eigenvalue weighted by Crippen LogP contribution is 2.28. The van der Waals surface area contributed by atoms with Crippen molar-refractivity contribution in [2.45, 2.75) is 5.88 Å². The fourth-order valence-electron chi connectivity index (χ4n) is 1.98. The van der Waals surface area contributed by atoms with Crippen molar-refractivity contribution in [3.8, 4) is 11.1 Å². The maximum absolute atomic E-state index is 5.86. The van der Waals surface area contributed by atoms with E-state index in [1.54, 1.807) is 22.7 Å². The molecule has 0 N–H and O–H groups in total. The van der Waals surface area contributed by atoms with Crippen LogP contribution in [0.4, 0.5) is 0 Å². The number of thiophene rings is 2. The monoisotopic (exact) mass is 316 g/mol. The average Bonchev–Trinajstić information content (AvgIpc) is 3.16. The van der Waals surface area contributed by atoms with Crippen molar-refractivity contribution in [1.29, 1.82) is 0 Å². The molecule has 1 aromatic carbocycles. The highest BCUT2D eigenvalue weighted by atomic mass is 35.5. The molecule has 0 nitrogen and oxygen atoms in total. The minimum absolute atomic E-state index is 0.559. The number of halogens is 1. The van der Waals surface area contributed by atoms with Gasteiger partial charge in [-0.15, -0.1) is 22.9 Å². The van der Waals surface area contributed by atoms with Gasteiger partial charge in [0, 0.05) is 10.8 Å². The van der Waals surface area contributed by atoms with Crippen LogP contribution in [0.5, 0.6) is 0 Å². The van der Waals surface area contributed by atoms with E-state index in [0.717, 1.165) is 5.56 Å². The molecule has 0 saturated carbocycles. The molecular formula is C17H13ClS2. The summed E-state index contributed by atoms with van der Waals surface area (Å²) in [7, 11) is 0. The smallest absolute Gasteiger partial charge is 0.0474 e. The van der Waals surface area contributed by atoms with Crippen LogP contribution in [0, 0.1) is 0 Å². The van der Waals surface area contributed by atoms with Gasteiger partial charge in [0.1, 0.15) is 0 Å². The molecule has 2 aromatic heterocycles.